The minimum absolute atomic E-state index is 0.188. The summed E-state index contributed by atoms with van der Waals surface area (Å²) in [6, 6.07) is 5.75. The van der Waals surface area contributed by atoms with Crippen molar-refractivity contribution >= 4 is 11.1 Å². The number of benzene rings is 1. The van der Waals surface area contributed by atoms with Crippen LogP contribution in [0.2, 0.25) is 0 Å². The van der Waals surface area contributed by atoms with Crippen molar-refractivity contribution in [2.24, 2.45) is 13.0 Å². The number of aromatic nitrogens is 1. The van der Waals surface area contributed by atoms with Crippen LogP contribution in [-0.2, 0) is 13.5 Å². The zero-order valence-corrected chi connectivity index (χ0v) is 10.1. The van der Waals surface area contributed by atoms with E-state index >= 15 is 0 Å². The lowest BCUT2D eigenvalue weighted by molar-refractivity contribution is 0.222. The standard InChI is InChI=1S/C13H17NO3/c1-3-9(8-15)6-10-4-5-11-12(7-10)17-13(16)14(11)2/h4-5,7,9,15H,3,6,8H2,1-2H3. The van der Waals surface area contributed by atoms with Gasteiger partial charge in [0.15, 0.2) is 5.58 Å². The van der Waals surface area contributed by atoms with E-state index in [0.717, 1.165) is 23.9 Å². The molecule has 1 atom stereocenters. The van der Waals surface area contributed by atoms with Crippen molar-refractivity contribution < 1.29 is 9.52 Å². The SMILES string of the molecule is CCC(CO)Cc1ccc2c(c1)oc(=O)n2C. The molecule has 0 aliphatic carbocycles. The third-order valence-corrected chi connectivity index (χ3v) is 3.22. The highest BCUT2D eigenvalue weighted by atomic mass is 16.4. The number of fused-ring (bicyclic) bond motifs is 1. The number of hydrogen-bond acceptors (Lipinski definition) is 3. The molecule has 0 aliphatic rings. The van der Waals surface area contributed by atoms with Gasteiger partial charge in [-0.2, -0.15) is 0 Å². The minimum Gasteiger partial charge on any atom is -0.408 e. The quantitative estimate of drug-likeness (QED) is 0.877. The van der Waals surface area contributed by atoms with Gasteiger partial charge < -0.3 is 9.52 Å². The Morgan fingerprint density at radius 1 is 1.47 bits per heavy atom. The van der Waals surface area contributed by atoms with Gasteiger partial charge in [-0.15, -0.1) is 0 Å². The molecule has 0 spiro atoms. The summed E-state index contributed by atoms with van der Waals surface area (Å²) in [5.41, 5.74) is 2.51. The molecule has 1 aromatic carbocycles. The van der Waals surface area contributed by atoms with Crippen molar-refractivity contribution in [3.63, 3.8) is 0 Å². The van der Waals surface area contributed by atoms with Crippen LogP contribution in [0.5, 0.6) is 0 Å². The molecule has 17 heavy (non-hydrogen) atoms. The van der Waals surface area contributed by atoms with E-state index in [0.29, 0.717) is 5.58 Å². The van der Waals surface area contributed by atoms with Gasteiger partial charge in [0.25, 0.3) is 0 Å². The van der Waals surface area contributed by atoms with Crippen LogP contribution in [0, 0.1) is 5.92 Å². The van der Waals surface area contributed by atoms with Crippen LogP contribution in [0.15, 0.2) is 27.4 Å². The summed E-state index contributed by atoms with van der Waals surface area (Å²) in [4.78, 5) is 11.3. The molecule has 1 heterocycles. The van der Waals surface area contributed by atoms with Gasteiger partial charge in [0.1, 0.15) is 0 Å². The number of hydrogen-bond donors (Lipinski definition) is 1. The maximum atomic E-state index is 11.3. The molecule has 1 N–H and O–H groups in total. The third-order valence-electron chi connectivity index (χ3n) is 3.22. The maximum absolute atomic E-state index is 11.3. The highest BCUT2D eigenvalue weighted by Gasteiger charge is 2.09. The van der Waals surface area contributed by atoms with Gasteiger partial charge in [-0.05, 0) is 30.0 Å². The van der Waals surface area contributed by atoms with Crippen LogP contribution in [0.3, 0.4) is 0 Å². The first-order valence-electron chi connectivity index (χ1n) is 5.85. The smallest absolute Gasteiger partial charge is 0.408 e. The lowest BCUT2D eigenvalue weighted by Gasteiger charge is -2.10. The Hall–Kier alpha value is -1.55. The van der Waals surface area contributed by atoms with Gasteiger partial charge in [0.05, 0.1) is 5.52 Å². The van der Waals surface area contributed by atoms with E-state index in [-0.39, 0.29) is 18.3 Å². The normalized spacial score (nSPS) is 13.1. The molecular weight excluding hydrogens is 218 g/mol. The summed E-state index contributed by atoms with van der Waals surface area (Å²) >= 11 is 0. The van der Waals surface area contributed by atoms with Gasteiger partial charge >= 0.3 is 5.76 Å². The molecule has 1 unspecified atom stereocenters. The summed E-state index contributed by atoms with van der Waals surface area (Å²) < 4.78 is 6.62. The Morgan fingerprint density at radius 3 is 2.88 bits per heavy atom. The summed E-state index contributed by atoms with van der Waals surface area (Å²) in [5, 5.41) is 9.17. The molecule has 4 nitrogen and oxygen atoms in total. The number of aryl methyl sites for hydroxylation is 1. The van der Waals surface area contributed by atoms with Crippen LogP contribution in [0.4, 0.5) is 0 Å². The molecule has 0 radical (unpaired) electrons. The highest BCUT2D eigenvalue weighted by Crippen LogP contribution is 2.18. The molecule has 0 bridgehead atoms. The monoisotopic (exact) mass is 235 g/mol. The fourth-order valence-electron chi connectivity index (χ4n) is 1.98. The van der Waals surface area contributed by atoms with E-state index in [1.807, 2.05) is 18.2 Å². The fourth-order valence-corrected chi connectivity index (χ4v) is 1.98. The summed E-state index contributed by atoms with van der Waals surface area (Å²) in [7, 11) is 1.69. The van der Waals surface area contributed by atoms with Gasteiger partial charge in [-0.3, -0.25) is 4.57 Å². The zero-order valence-electron chi connectivity index (χ0n) is 10.1. The molecule has 92 valence electrons. The Morgan fingerprint density at radius 2 is 2.24 bits per heavy atom. The Bertz CT molecular complexity index is 564. The molecule has 0 saturated carbocycles. The summed E-state index contributed by atoms with van der Waals surface area (Å²) in [6.07, 6.45) is 1.74. The predicted molar refractivity (Wildman–Crippen MR) is 66.0 cm³/mol. The Labute approximate surface area is 99.5 Å². The lowest BCUT2D eigenvalue weighted by atomic mass is 9.98. The number of rotatable bonds is 4. The summed E-state index contributed by atoms with van der Waals surface area (Å²) in [6.45, 7) is 2.25. The molecule has 0 fully saturated rings. The van der Waals surface area contributed by atoms with E-state index in [2.05, 4.69) is 6.92 Å². The average molecular weight is 235 g/mol. The van der Waals surface area contributed by atoms with Crippen LogP contribution < -0.4 is 5.76 Å². The molecule has 2 rings (SSSR count). The van der Waals surface area contributed by atoms with Crippen LogP contribution in [0.25, 0.3) is 11.1 Å². The Kier molecular flexibility index (Phi) is 3.33. The van der Waals surface area contributed by atoms with E-state index in [4.69, 9.17) is 4.42 Å². The van der Waals surface area contributed by atoms with Crippen molar-refractivity contribution in [2.75, 3.05) is 6.61 Å². The molecule has 0 amide bonds. The van der Waals surface area contributed by atoms with Crippen LogP contribution >= 0.6 is 0 Å². The first kappa shape index (κ1) is 11.9. The number of aliphatic hydroxyl groups excluding tert-OH is 1. The zero-order chi connectivity index (χ0) is 12.4. The van der Waals surface area contributed by atoms with Gasteiger partial charge in [-0.25, -0.2) is 4.79 Å². The molecule has 2 aromatic rings. The van der Waals surface area contributed by atoms with Crippen molar-refractivity contribution in [3.05, 3.63) is 34.3 Å². The largest absolute Gasteiger partial charge is 0.419 e. The second-order valence-electron chi connectivity index (χ2n) is 4.39. The molecule has 1 aromatic heterocycles. The second kappa shape index (κ2) is 4.75. The van der Waals surface area contributed by atoms with Crippen LogP contribution in [-0.4, -0.2) is 16.3 Å². The lowest BCUT2D eigenvalue weighted by Crippen LogP contribution is -2.08. The molecule has 0 aliphatic heterocycles. The van der Waals surface area contributed by atoms with E-state index in [1.165, 1.54) is 4.57 Å². The topological polar surface area (TPSA) is 55.4 Å². The fraction of sp³-hybridized carbons (Fsp3) is 0.462. The van der Waals surface area contributed by atoms with Gasteiger partial charge in [0.2, 0.25) is 0 Å². The van der Waals surface area contributed by atoms with Crippen molar-refractivity contribution in [1.82, 2.24) is 4.57 Å². The van der Waals surface area contributed by atoms with Crippen molar-refractivity contribution in [1.29, 1.82) is 0 Å². The number of nitrogens with zero attached hydrogens (tertiary/aromatic N) is 1. The van der Waals surface area contributed by atoms with Crippen molar-refractivity contribution in [3.8, 4) is 0 Å². The number of aliphatic hydroxyl groups is 1. The average Bonchev–Trinajstić information content (AvgIpc) is 2.62. The summed E-state index contributed by atoms with van der Waals surface area (Å²) in [5.74, 6) is -0.0748. The second-order valence-corrected chi connectivity index (χ2v) is 4.39. The van der Waals surface area contributed by atoms with Gasteiger partial charge in [0, 0.05) is 13.7 Å². The van der Waals surface area contributed by atoms with Crippen molar-refractivity contribution in [2.45, 2.75) is 19.8 Å². The van der Waals surface area contributed by atoms with E-state index in [9.17, 15) is 9.90 Å². The first-order chi connectivity index (χ1) is 8.15. The molecular formula is C13H17NO3. The first-order valence-corrected chi connectivity index (χ1v) is 5.85. The number of oxazole rings is 1. The Balaban J connectivity index is 2.35. The van der Waals surface area contributed by atoms with E-state index in [1.54, 1.807) is 7.05 Å². The predicted octanol–water partition coefficient (Wildman–Crippen LogP) is 1.69. The van der Waals surface area contributed by atoms with Gasteiger partial charge in [-0.1, -0.05) is 19.4 Å². The molecule has 0 saturated heterocycles. The van der Waals surface area contributed by atoms with E-state index < -0.39 is 0 Å². The minimum atomic E-state index is -0.341. The highest BCUT2D eigenvalue weighted by molar-refractivity contribution is 5.73. The van der Waals surface area contributed by atoms with Crippen LogP contribution in [0.1, 0.15) is 18.9 Å². The maximum Gasteiger partial charge on any atom is 0.419 e. The third kappa shape index (κ3) is 2.26. The molecule has 4 heteroatoms.